The van der Waals surface area contributed by atoms with Gasteiger partial charge in [0.05, 0.1) is 39.6 Å². The number of nitrogens with one attached hydrogen (secondary N) is 2. The van der Waals surface area contributed by atoms with Crippen molar-refractivity contribution in [3.63, 3.8) is 0 Å². The van der Waals surface area contributed by atoms with Crippen molar-refractivity contribution in [3.8, 4) is 0 Å². The van der Waals surface area contributed by atoms with Crippen molar-refractivity contribution < 1.29 is 43.2 Å². The molecule has 12 heteroatoms. The van der Waals surface area contributed by atoms with Gasteiger partial charge in [-0.05, 0) is 12.8 Å². The number of hydrogen-bond donors (Lipinski definition) is 4. The Morgan fingerprint density at radius 2 is 0.947 bits per heavy atom. The van der Waals surface area contributed by atoms with Gasteiger partial charge in [-0.2, -0.15) is 0 Å². The summed E-state index contributed by atoms with van der Waals surface area (Å²) in [5, 5.41) is 14.1. The average Bonchev–Trinajstić information content (AvgIpc) is 2.87. The SMILES string of the molecule is NC(=O)COCCOCCNC(=O)COCCOCCNC(=O)CCCCCCCCCCCCC(=O)O. The molecule has 0 unspecified atom stereocenters. The monoisotopic (exact) mass is 547 g/mol. The first-order valence-electron chi connectivity index (χ1n) is 13.8. The molecule has 222 valence electrons. The van der Waals surface area contributed by atoms with Gasteiger partial charge in [-0.3, -0.25) is 19.2 Å². The lowest BCUT2D eigenvalue weighted by Gasteiger charge is -2.08. The molecule has 0 aromatic heterocycles. The Balaban J connectivity index is 3.28. The summed E-state index contributed by atoms with van der Waals surface area (Å²) in [4.78, 5) is 44.4. The lowest BCUT2D eigenvalue weighted by Crippen LogP contribution is -2.31. The number of carboxylic acid groups (broad SMARTS) is 1. The number of primary amides is 1. The molecule has 0 atom stereocenters. The number of carbonyl (C=O) groups is 4. The second-order valence-corrected chi connectivity index (χ2v) is 8.93. The highest BCUT2D eigenvalue weighted by Gasteiger charge is 2.03. The Labute approximate surface area is 226 Å². The second kappa shape index (κ2) is 27.7. The third kappa shape index (κ3) is 29.9. The van der Waals surface area contributed by atoms with Crippen LogP contribution in [0.25, 0.3) is 0 Å². The van der Waals surface area contributed by atoms with Crippen LogP contribution in [0.15, 0.2) is 0 Å². The number of nitrogens with two attached hydrogens (primary N) is 1. The highest BCUT2D eigenvalue weighted by molar-refractivity contribution is 5.77. The van der Waals surface area contributed by atoms with Gasteiger partial charge in [0.1, 0.15) is 13.2 Å². The van der Waals surface area contributed by atoms with Gasteiger partial charge in [-0.25, -0.2) is 0 Å². The highest BCUT2D eigenvalue weighted by atomic mass is 16.5. The van der Waals surface area contributed by atoms with Crippen LogP contribution in [0.1, 0.15) is 77.0 Å². The molecule has 0 aliphatic rings. The topological polar surface area (TPSA) is 176 Å². The van der Waals surface area contributed by atoms with Gasteiger partial charge in [-0.15, -0.1) is 0 Å². The zero-order valence-corrected chi connectivity index (χ0v) is 22.8. The van der Waals surface area contributed by atoms with E-state index in [2.05, 4.69) is 10.6 Å². The van der Waals surface area contributed by atoms with Crippen LogP contribution in [0.2, 0.25) is 0 Å². The van der Waals surface area contributed by atoms with Crippen molar-refractivity contribution in [1.29, 1.82) is 0 Å². The van der Waals surface area contributed by atoms with Gasteiger partial charge < -0.3 is 40.4 Å². The molecule has 12 nitrogen and oxygen atoms in total. The van der Waals surface area contributed by atoms with E-state index in [-0.39, 0.29) is 44.7 Å². The fourth-order valence-corrected chi connectivity index (χ4v) is 3.42. The fourth-order valence-electron chi connectivity index (χ4n) is 3.42. The number of rotatable bonds is 29. The molecule has 38 heavy (non-hydrogen) atoms. The van der Waals surface area contributed by atoms with Crippen LogP contribution in [0.3, 0.4) is 0 Å². The van der Waals surface area contributed by atoms with E-state index in [1.165, 1.54) is 25.7 Å². The van der Waals surface area contributed by atoms with Crippen molar-refractivity contribution in [2.75, 3.05) is 65.9 Å². The Bertz CT molecular complexity index is 621. The fraction of sp³-hybridized carbons (Fsp3) is 0.846. The normalized spacial score (nSPS) is 10.8. The molecule has 0 bridgehead atoms. The summed E-state index contributed by atoms with van der Waals surface area (Å²) in [5.74, 6) is -1.46. The van der Waals surface area contributed by atoms with Gasteiger partial charge in [-0.1, -0.05) is 51.4 Å². The quantitative estimate of drug-likeness (QED) is 0.101. The summed E-state index contributed by atoms with van der Waals surface area (Å²) < 4.78 is 20.8. The van der Waals surface area contributed by atoms with Crippen LogP contribution in [0, 0.1) is 0 Å². The molecule has 0 heterocycles. The Hall–Kier alpha value is -2.28. The first-order valence-corrected chi connectivity index (χ1v) is 13.8. The van der Waals surface area contributed by atoms with E-state index in [9.17, 15) is 19.2 Å². The number of carboxylic acids is 1. The summed E-state index contributed by atoms with van der Waals surface area (Å²) >= 11 is 0. The first kappa shape index (κ1) is 35.7. The Morgan fingerprint density at radius 1 is 0.526 bits per heavy atom. The van der Waals surface area contributed by atoms with E-state index >= 15 is 0 Å². The zero-order valence-electron chi connectivity index (χ0n) is 22.8. The van der Waals surface area contributed by atoms with E-state index in [0.29, 0.717) is 45.9 Å². The van der Waals surface area contributed by atoms with E-state index in [4.69, 9.17) is 29.8 Å². The molecule has 0 aromatic rings. The maximum Gasteiger partial charge on any atom is 0.303 e. The number of ether oxygens (including phenoxy) is 4. The van der Waals surface area contributed by atoms with Crippen LogP contribution in [-0.4, -0.2) is 94.7 Å². The molecule has 0 spiro atoms. The van der Waals surface area contributed by atoms with Crippen LogP contribution in [-0.2, 0) is 38.1 Å². The van der Waals surface area contributed by atoms with Gasteiger partial charge in [0, 0.05) is 25.9 Å². The predicted molar refractivity (Wildman–Crippen MR) is 142 cm³/mol. The third-order valence-electron chi connectivity index (χ3n) is 5.40. The zero-order chi connectivity index (χ0) is 28.1. The van der Waals surface area contributed by atoms with Crippen LogP contribution in [0.4, 0.5) is 0 Å². The van der Waals surface area contributed by atoms with E-state index < -0.39 is 11.9 Å². The lowest BCUT2D eigenvalue weighted by molar-refractivity contribution is -0.137. The molecule has 5 N–H and O–H groups in total. The molecule has 3 amide bonds. The van der Waals surface area contributed by atoms with Gasteiger partial charge in [0.25, 0.3) is 0 Å². The van der Waals surface area contributed by atoms with Gasteiger partial charge >= 0.3 is 5.97 Å². The van der Waals surface area contributed by atoms with Crippen molar-refractivity contribution in [2.45, 2.75) is 77.0 Å². The van der Waals surface area contributed by atoms with E-state index in [1.807, 2.05) is 0 Å². The minimum Gasteiger partial charge on any atom is -0.481 e. The van der Waals surface area contributed by atoms with Crippen LogP contribution < -0.4 is 16.4 Å². The maximum absolute atomic E-state index is 11.8. The summed E-state index contributed by atoms with van der Waals surface area (Å²) in [6.07, 6.45) is 11.5. The minimum atomic E-state index is -0.711. The summed E-state index contributed by atoms with van der Waals surface area (Å²) in [5.41, 5.74) is 4.93. The number of amides is 3. The average molecular weight is 548 g/mol. The standard InChI is InChI=1S/C26H49N3O9/c27-23(30)21-37-19-17-36-16-14-29-25(32)22-38-20-18-35-15-13-28-24(31)11-9-7-5-3-1-2-4-6-8-10-12-26(33)34/h1-22H2,(H2,27,30)(H,28,31)(H,29,32)(H,33,34). The molecule has 0 aliphatic heterocycles. The van der Waals surface area contributed by atoms with Crippen molar-refractivity contribution in [2.24, 2.45) is 5.73 Å². The highest BCUT2D eigenvalue weighted by Crippen LogP contribution is 2.12. The minimum absolute atomic E-state index is 0.0325. The Kier molecular flexibility index (Phi) is 26.1. The molecule has 0 saturated heterocycles. The van der Waals surface area contributed by atoms with Crippen LogP contribution >= 0.6 is 0 Å². The molecule has 0 rings (SSSR count). The van der Waals surface area contributed by atoms with Gasteiger partial charge in [0.15, 0.2) is 0 Å². The first-order chi connectivity index (χ1) is 18.4. The molecule has 0 aliphatic carbocycles. The van der Waals surface area contributed by atoms with Crippen LogP contribution in [0.5, 0.6) is 0 Å². The summed E-state index contributed by atoms with van der Waals surface area (Å²) in [7, 11) is 0. The molecule has 0 radical (unpaired) electrons. The Morgan fingerprint density at radius 3 is 1.45 bits per heavy atom. The predicted octanol–water partition coefficient (Wildman–Crippen LogP) is 1.54. The molecular formula is C26H49N3O9. The third-order valence-corrected chi connectivity index (χ3v) is 5.40. The van der Waals surface area contributed by atoms with Gasteiger partial charge in [0.2, 0.25) is 17.7 Å². The second-order valence-electron chi connectivity index (χ2n) is 8.93. The molecule has 0 saturated carbocycles. The number of hydrogen-bond acceptors (Lipinski definition) is 8. The summed E-state index contributed by atoms with van der Waals surface area (Å²) in [6.45, 7) is 2.45. The van der Waals surface area contributed by atoms with Crippen molar-refractivity contribution >= 4 is 23.7 Å². The van der Waals surface area contributed by atoms with Crippen molar-refractivity contribution in [3.05, 3.63) is 0 Å². The summed E-state index contributed by atoms with van der Waals surface area (Å²) in [6, 6.07) is 0. The van der Waals surface area contributed by atoms with E-state index in [1.54, 1.807) is 0 Å². The molecule has 0 aromatic carbocycles. The molecular weight excluding hydrogens is 498 g/mol. The van der Waals surface area contributed by atoms with Crippen molar-refractivity contribution in [1.82, 2.24) is 10.6 Å². The maximum atomic E-state index is 11.8. The number of carbonyl (C=O) groups excluding carboxylic acids is 3. The van der Waals surface area contributed by atoms with E-state index in [0.717, 1.165) is 38.5 Å². The molecule has 0 fully saturated rings. The largest absolute Gasteiger partial charge is 0.481 e. The number of unbranched alkanes of at least 4 members (excludes halogenated alkanes) is 9. The smallest absolute Gasteiger partial charge is 0.303 e. The lowest BCUT2D eigenvalue weighted by atomic mass is 10.1. The number of aliphatic carboxylic acids is 1.